The summed E-state index contributed by atoms with van der Waals surface area (Å²) in [5.74, 6) is -1.73. The number of carboxylic acid groups (broad SMARTS) is 1. The van der Waals surface area contributed by atoms with E-state index in [0.717, 1.165) is 4.90 Å². The second kappa shape index (κ2) is 5.09. The SMILES string of the molecule is C=CCOC(=O)N1c2cccc(F)c2CC1C(=O)O. The van der Waals surface area contributed by atoms with Crippen LogP contribution in [0.15, 0.2) is 30.9 Å². The average molecular weight is 265 g/mol. The molecule has 0 spiro atoms. The smallest absolute Gasteiger partial charge is 0.415 e. The first-order valence-corrected chi connectivity index (χ1v) is 5.63. The lowest BCUT2D eigenvalue weighted by Crippen LogP contribution is -2.43. The van der Waals surface area contributed by atoms with E-state index in [1.54, 1.807) is 0 Å². The summed E-state index contributed by atoms with van der Waals surface area (Å²) in [6.07, 6.45) is 0.480. The van der Waals surface area contributed by atoms with Crippen molar-refractivity contribution in [3.63, 3.8) is 0 Å². The van der Waals surface area contributed by atoms with Crippen LogP contribution in [-0.4, -0.2) is 29.8 Å². The van der Waals surface area contributed by atoms with Gasteiger partial charge in [0.15, 0.2) is 0 Å². The van der Waals surface area contributed by atoms with Crippen LogP contribution in [0.3, 0.4) is 0 Å². The number of rotatable bonds is 3. The molecule has 0 saturated carbocycles. The van der Waals surface area contributed by atoms with Crippen molar-refractivity contribution in [2.45, 2.75) is 12.5 Å². The highest BCUT2D eigenvalue weighted by atomic mass is 19.1. The van der Waals surface area contributed by atoms with Crippen LogP contribution in [0.2, 0.25) is 0 Å². The van der Waals surface area contributed by atoms with Crippen LogP contribution in [0.5, 0.6) is 0 Å². The van der Waals surface area contributed by atoms with Crippen molar-refractivity contribution in [3.8, 4) is 0 Å². The maximum Gasteiger partial charge on any atom is 0.415 e. The molecule has 1 aromatic rings. The number of amides is 1. The van der Waals surface area contributed by atoms with E-state index in [4.69, 9.17) is 9.84 Å². The molecule has 5 nitrogen and oxygen atoms in total. The number of halogens is 1. The Bertz CT molecular complexity index is 543. The van der Waals surface area contributed by atoms with Gasteiger partial charge in [-0.2, -0.15) is 0 Å². The second-order valence-corrected chi connectivity index (χ2v) is 4.03. The molecule has 0 aliphatic carbocycles. The molecule has 1 amide bonds. The first kappa shape index (κ1) is 13.1. The second-order valence-electron chi connectivity index (χ2n) is 4.03. The number of fused-ring (bicyclic) bond motifs is 1. The molecule has 1 atom stereocenters. The minimum Gasteiger partial charge on any atom is -0.480 e. The van der Waals surface area contributed by atoms with Gasteiger partial charge in [-0.1, -0.05) is 18.7 Å². The summed E-state index contributed by atoms with van der Waals surface area (Å²) in [5.41, 5.74) is 0.451. The van der Waals surface area contributed by atoms with Gasteiger partial charge in [-0.05, 0) is 12.1 Å². The molecule has 0 fully saturated rings. The maximum atomic E-state index is 13.6. The topological polar surface area (TPSA) is 66.8 Å². The fourth-order valence-corrected chi connectivity index (χ4v) is 2.05. The van der Waals surface area contributed by atoms with E-state index in [9.17, 15) is 14.0 Å². The zero-order chi connectivity index (χ0) is 14.0. The number of hydrogen-bond acceptors (Lipinski definition) is 3. The van der Waals surface area contributed by atoms with E-state index >= 15 is 0 Å². The minimum atomic E-state index is -1.20. The number of carbonyl (C=O) groups excluding carboxylic acids is 1. The zero-order valence-electron chi connectivity index (χ0n) is 10.0. The molecule has 1 heterocycles. The lowest BCUT2D eigenvalue weighted by atomic mass is 10.1. The monoisotopic (exact) mass is 265 g/mol. The third-order valence-corrected chi connectivity index (χ3v) is 2.87. The molecule has 1 aromatic carbocycles. The van der Waals surface area contributed by atoms with Gasteiger partial charge >= 0.3 is 12.1 Å². The molecule has 19 heavy (non-hydrogen) atoms. The summed E-state index contributed by atoms with van der Waals surface area (Å²) in [7, 11) is 0. The number of benzene rings is 1. The fourth-order valence-electron chi connectivity index (χ4n) is 2.05. The van der Waals surface area contributed by atoms with E-state index in [-0.39, 0.29) is 24.3 Å². The van der Waals surface area contributed by atoms with Crippen LogP contribution in [0.25, 0.3) is 0 Å². The van der Waals surface area contributed by atoms with E-state index in [0.29, 0.717) is 0 Å². The summed E-state index contributed by atoms with van der Waals surface area (Å²) in [5, 5.41) is 9.13. The van der Waals surface area contributed by atoms with Gasteiger partial charge in [-0.15, -0.1) is 0 Å². The molecule has 1 N–H and O–H groups in total. The first-order valence-electron chi connectivity index (χ1n) is 5.63. The molecule has 100 valence electrons. The van der Waals surface area contributed by atoms with Gasteiger partial charge in [-0.25, -0.2) is 14.0 Å². The van der Waals surface area contributed by atoms with Crippen molar-refractivity contribution >= 4 is 17.7 Å². The number of carboxylic acids is 1. The van der Waals surface area contributed by atoms with Crippen LogP contribution in [0, 0.1) is 5.82 Å². The van der Waals surface area contributed by atoms with Gasteiger partial charge < -0.3 is 9.84 Å². The predicted molar refractivity (Wildman–Crippen MR) is 65.6 cm³/mol. The van der Waals surface area contributed by atoms with Crippen LogP contribution in [-0.2, 0) is 16.0 Å². The number of aliphatic carboxylic acids is 1. The highest BCUT2D eigenvalue weighted by molar-refractivity contribution is 5.98. The maximum absolute atomic E-state index is 13.6. The zero-order valence-corrected chi connectivity index (χ0v) is 10.0. The average Bonchev–Trinajstić information content (AvgIpc) is 2.77. The summed E-state index contributed by atoms with van der Waals surface area (Å²) in [4.78, 5) is 24.0. The Hall–Kier alpha value is -2.37. The van der Waals surface area contributed by atoms with Crippen molar-refractivity contribution in [2.75, 3.05) is 11.5 Å². The molecular formula is C13H12FNO4. The van der Waals surface area contributed by atoms with Gasteiger partial charge in [0.1, 0.15) is 18.5 Å². The normalized spacial score (nSPS) is 16.9. The van der Waals surface area contributed by atoms with Crippen molar-refractivity contribution < 1.29 is 23.8 Å². The molecule has 0 bridgehead atoms. The Morgan fingerprint density at radius 3 is 2.95 bits per heavy atom. The predicted octanol–water partition coefficient (Wildman–Crippen LogP) is 1.96. The molecule has 0 saturated heterocycles. The number of carbonyl (C=O) groups is 2. The van der Waals surface area contributed by atoms with Crippen molar-refractivity contribution in [1.82, 2.24) is 0 Å². The lowest BCUT2D eigenvalue weighted by Gasteiger charge is -2.21. The number of nitrogens with zero attached hydrogens (tertiary/aromatic N) is 1. The molecular weight excluding hydrogens is 253 g/mol. The molecule has 1 aliphatic heterocycles. The largest absolute Gasteiger partial charge is 0.480 e. The minimum absolute atomic E-state index is 0.0354. The van der Waals surface area contributed by atoms with E-state index in [1.165, 1.54) is 24.3 Å². The summed E-state index contributed by atoms with van der Waals surface area (Å²) in [6, 6.07) is 3.00. The summed E-state index contributed by atoms with van der Waals surface area (Å²) < 4.78 is 18.5. The summed E-state index contributed by atoms with van der Waals surface area (Å²) in [6.45, 7) is 3.36. The standard InChI is InChI=1S/C13H12FNO4/c1-2-6-19-13(18)15-10-5-3-4-9(14)8(10)7-11(15)12(16)17/h2-5,11H,1,6-7H2,(H,16,17). The third-order valence-electron chi connectivity index (χ3n) is 2.87. The van der Waals surface area contributed by atoms with Crippen LogP contribution in [0.4, 0.5) is 14.9 Å². The molecule has 0 radical (unpaired) electrons. The summed E-state index contributed by atoms with van der Waals surface area (Å²) >= 11 is 0. The van der Waals surface area contributed by atoms with Crippen molar-refractivity contribution in [3.05, 3.63) is 42.2 Å². The van der Waals surface area contributed by atoms with Crippen LogP contribution in [0.1, 0.15) is 5.56 Å². The molecule has 1 aliphatic rings. The fraction of sp³-hybridized carbons (Fsp3) is 0.231. The third kappa shape index (κ3) is 2.29. The van der Waals surface area contributed by atoms with Gasteiger partial charge in [-0.3, -0.25) is 4.90 Å². The van der Waals surface area contributed by atoms with E-state index in [2.05, 4.69) is 6.58 Å². The van der Waals surface area contributed by atoms with E-state index in [1.807, 2.05) is 0 Å². The Labute approximate surface area is 108 Å². The quantitative estimate of drug-likeness (QED) is 0.848. The molecule has 0 aromatic heterocycles. The number of hydrogen-bond donors (Lipinski definition) is 1. The van der Waals surface area contributed by atoms with Crippen molar-refractivity contribution in [1.29, 1.82) is 0 Å². The Morgan fingerprint density at radius 2 is 2.32 bits per heavy atom. The molecule has 1 unspecified atom stereocenters. The van der Waals surface area contributed by atoms with Gasteiger partial charge in [0.25, 0.3) is 0 Å². The molecule has 6 heteroatoms. The highest BCUT2D eigenvalue weighted by Crippen LogP contribution is 2.34. The van der Waals surface area contributed by atoms with Gasteiger partial charge in [0, 0.05) is 12.0 Å². The molecule has 2 rings (SSSR count). The Kier molecular flexibility index (Phi) is 3.50. The Balaban J connectivity index is 2.38. The number of ether oxygens (including phenoxy) is 1. The van der Waals surface area contributed by atoms with Crippen molar-refractivity contribution in [2.24, 2.45) is 0 Å². The van der Waals surface area contributed by atoms with Crippen LogP contribution >= 0.6 is 0 Å². The van der Waals surface area contributed by atoms with Gasteiger partial charge in [0.2, 0.25) is 0 Å². The first-order chi connectivity index (χ1) is 9.06. The lowest BCUT2D eigenvalue weighted by molar-refractivity contribution is -0.138. The Morgan fingerprint density at radius 1 is 1.58 bits per heavy atom. The van der Waals surface area contributed by atoms with Crippen LogP contribution < -0.4 is 4.90 Å². The number of anilines is 1. The highest BCUT2D eigenvalue weighted by Gasteiger charge is 2.40. The van der Waals surface area contributed by atoms with E-state index < -0.39 is 23.9 Å². The van der Waals surface area contributed by atoms with Gasteiger partial charge in [0.05, 0.1) is 5.69 Å².